The number of piperidine rings is 1. The van der Waals surface area contributed by atoms with Crippen LogP contribution in [0.2, 0.25) is 5.02 Å². The fourth-order valence-corrected chi connectivity index (χ4v) is 5.21. The van der Waals surface area contributed by atoms with Gasteiger partial charge in [0.15, 0.2) is 0 Å². The Kier molecular flexibility index (Phi) is 5.23. The number of halogens is 4. The molecule has 1 saturated carbocycles. The van der Waals surface area contributed by atoms with Gasteiger partial charge in [-0.1, -0.05) is 11.6 Å². The van der Waals surface area contributed by atoms with Crippen LogP contribution in [0.1, 0.15) is 36.1 Å². The van der Waals surface area contributed by atoms with Crippen LogP contribution in [0.5, 0.6) is 0 Å². The van der Waals surface area contributed by atoms with E-state index in [2.05, 4.69) is 25.3 Å². The summed E-state index contributed by atoms with van der Waals surface area (Å²) in [5.74, 6) is -2.71. The summed E-state index contributed by atoms with van der Waals surface area (Å²) in [6.07, 6.45) is 2.58. The summed E-state index contributed by atoms with van der Waals surface area (Å²) < 4.78 is 48.7. The molecule has 180 valence electrons. The van der Waals surface area contributed by atoms with Crippen molar-refractivity contribution in [1.29, 1.82) is 0 Å². The maximum Gasteiger partial charge on any atom is 0.272 e. The van der Waals surface area contributed by atoms with Gasteiger partial charge in [-0.2, -0.15) is 5.10 Å². The maximum atomic E-state index is 15.2. The Morgan fingerprint density at radius 1 is 1.24 bits per heavy atom. The van der Waals surface area contributed by atoms with Crippen molar-refractivity contribution in [1.82, 2.24) is 24.6 Å². The molecule has 0 bridgehead atoms. The lowest BCUT2D eigenvalue weighted by atomic mass is 9.86. The summed E-state index contributed by atoms with van der Waals surface area (Å²) in [5.41, 5.74) is 2.53. The van der Waals surface area contributed by atoms with Gasteiger partial charge in [0, 0.05) is 35.5 Å². The molecule has 0 radical (unpaired) electrons. The Bertz CT molecular complexity index is 1250. The highest BCUT2D eigenvalue weighted by Crippen LogP contribution is 2.53. The maximum absolute atomic E-state index is 15.2. The Labute approximate surface area is 199 Å². The summed E-state index contributed by atoms with van der Waals surface area (Å²) in [4.78, 5) is 11.1. The zero-order chi connectivity index (χ0) is 23.6. The SMILES string of the molecule is Cc1c(Nc2ncc3cc(Cl)c([C@H]4CCN(C5COC5)C[C@@H]4F)cc3n2)cnn1C1CC1(F)F. The largest absolute Gasteiger partial charge is 0.378 e. The number of benzene rings is 1. The van der Waals surface area contributed by atoms with Crippen LogP contribution >= 0.6 is 11.6 Å². The first-order chi connectivity index (χ1) is 16.3. The molecule has 1 unspecified atom stereocenters. The molecule has 7 nitrogen and oxygen atoms in total. The summed E-state index contributed by atoms with van der Waals surface area (Å²) in [5, 5.41) is 8.42. The Morgan fingerprint density at radius 2 is 2.03 bits per heavy atom. The van der Waals surface area contributed by atoms with Crippen LogP contribution < -0.4 is 5.32 Å². The van der Waals surface area contributed by atoms with Gasteiger partial charge < -0.3 is 10.1 Å². The predicted octanol–water partition coefficient (Wildman–Crippen LogP) is 4.64. The van der Waals surface area contributed by atoms with Crippen LogP contribution in [0.25, 0.3) is 10.9 Å². The Morgan fingerprint density at radius 3 is 2.71 bits per heavy atom. The van der Waals surface area contributed by atoms with Gasteiger partial charge >= 0.3 is 0 Å². The van der Waals surface area contributed by atoms with Crippen molar-refractivity contribution in [3.63, 3.8) is 0 Å². The smallest absolute Gasteiger partial charge is 0.272 e. The van der Waals surface area contributed by atoms with E-state index < -0.39 is 18.1 Å². The number of likely N-dealkylation sites (tertiary alicyclic amines) is 1. The molecule has 3 atom stereocenters. The molecule has 3 aliphatic rings. The average Bonchev–Trinajstić information content (AvgIpc) is 3.24. The fourth-order valence-electron chi connectivity index (χ4n) is 4.90. The molecule has 2 aromatic heterocycles. The zero-order valence-corrected chi connectivity index (χ0v) is 19.3. The minimum atomic E-state index is -2.71. The lowest BCUT2D eigenvalue weighted by Crippen LogP contribution is -2.54. The number of hydrogen-bond donors (Lipinski definition) is 1. The highest BCUT2D eigenvalue weighted by molar-refractivity contribution is 6.32. The number of anilines is 2. The van der Waals surface area contributed by atoms with Gasteiger partial charge in [-0.3, -0.25) is 9.58 Å². The predicted molar refractivity (Wildman–Crippen MR) is 122 cm³/mol. The second kappa shape index (κ2) is 8.07. The van der Waals surface area contributed by atoms with E-state index in [1.165, 1.54) is 10.9 Å². The molecule has 11 heteroatoms. The Hall–Kier alpha value is -2.43. The van der Waals surface area contributed by atoms with E-state index in [-0.39, 0.29) is 12.3 Å². The molecule has 0 amide bonds. The third kappa shape index (κ3) is 3.81. The van der Waals surface area contributed by atoms with Gasteiger partial charge in [-0.05, 0) is 37.6 Å². The summed E-state index contributed by atoms with van der Waals surface area (Å²) in [6.45, 7) is 4.23. The molecular weight excluding hydrogens is 469 g/mol. The first-order valence-corrected chi connectivity index (χ1v) is 11.8. The molecule has 2 aliphatic heterocycles. The topological polar surface area (TPSA) is 68.1 Å². The second-order valence-electron chi connectivity index (χ2n) is 9.42. The number of ether oxygens (including phenoxy) is 1. The summed E-state index contributed by atoms with van der Waals surface area (Å²) in [7, 11) is 0. The molecule has 4 heterocycles. The normalized spacial score (nSPS) is 27.0. The number of fused-ring (bicyclic) bond motifs is 1. The minimum absolute atomic E-state index is 0.200. The van der Waals surface area contributed by atoms with E-state index in [0.29, 0.717) is 60.1 Å². The molecule has 34 heavy (non-hydrogen) atoms. The third-order valence-electron chi connectivity index (χ3n) is 7.19. The first kappa shape index (κ1) is 22.1. The molecule has 3 fully saturated rings. The van der Waals surface area contributed by atoms with Gasteiger partial charge in [0.25, 0.3) is 5.92 Å². The van der Waals surface area contributed by atoms with E-state index in [4.69, 9.17) is 16.3 Å². The number of alkyl halides is 3. The van der Waals surface area contributed by atoms with Crippen LogP contribution in [-0.2, 0) is 4.74 Å². The van der Waals surface area contributed by atoms with Crippen LogP contribution in [0.15, 0.2) is 24.5 Å². The van der Waals surface area contributed by atoms with E-state index in [0.717, 1.165) is 17.5 Å². The van der Waals surface area contributed by atoms with E-state index in [1.807, 2.05) is 6.07 Å². The van der Waals surface area contributed by atoms with Gasteiger partial charge in [0.05, 0.1) is 42.4 Å². The van der Waals surface area contributed by atoms with E-state index in [9.17, 15) is 8.78 Å². The number of rotatable bonds is 5. The molecule has 1 aliphatic carbocycles. The standard InChI is InChI=1S/C23H24ClF3N6O/c1-12-20(8-29-33(12)21-6-23(21,26)27)31-22-28-7-13-4-17(24)16(5-19(13)30-22)15-2-3-32(9-18(15)25)14-10-34-11-14/h4-5,7-8,14-15,18,21H,2-3,6,9-11H2,1H3,(H,28,30,31)/t15-,18+,21?/m1/s1. The fraction of sp³-hybridized carbons (Fsp3) is 0.522. The molecule has 2 saturated heterocycles. The molecule has 1 aromatic carbocycles. The molecule has 0 spiro atoms. The van der Waals surface area contributed by atoms with E-state index in [1.54, 1.807) is 19.2 Å². The van der Waals surface area contributed by atoms with Crippen molar-refractivity contribution >= 4 is 34.1 Å². The van der Waals surface area contributed by atoms with Crippen LogP contribution in [0, 0.1) is 6.92 Å². The third-order valence-corrected chi connectivity index (χ3v) is 7.51. The van der Waals surface area contributed by atoms with Crippen LogP contribution in [0.3, 0.4) is 0 Å². The summed E-state index contributed by atoms with van der Waals surface area (Å²) in [6, 6.07) is 3.02. The minimum Gasteiger partial charge on any atom is -0.378 e. The lowest BCUT2D eigenvalue weighted by molar-refractivity contribution is -0.0806. The monoisotopic (exact) mass is 492 g/mol. The average molecular weight is 493 g/mol. The number of nitrogens with one attached hydrogen (secondary N) is 1. The highest BCUT2D eigenvalue weighted by atomic mass is 35.5. The van der Waals surface area contributed by atoms with Crippen molar-refractivity contribution in [2.24, 2.45) is 0 Å². The quantitative estimate of drug-likeness (QED) is 0.560. The number of hydrogen-bond acceptors (Lipinski definition) is 6. The first-order valence-electron chi connectivity index (χ1n) is 11.4. The van der Waals surface area contributed by atoms with E-state index >= 15 is 4.39 Å². The number of aromatic nitrogens is 4. The second-order valence-corrected chi connectivity index (χ2v) is 9.82. The lowest BCUT2D eigenvalue weighted by Gasteiger charge is -2.43. The van der Waals surface area contributed by atoms with Crippen molar-refractivity contribution in [3.8, 4) is 0 Å². The molecule has 3 aromatic rings. The van der Waals surface area contributed by atoms with Crippen molar-refractivity contribution in [2.75, 3.05) is 31.6 Å². The molecule has 6 rings (SSSR count). The van der Waals surface area contributed by atoms with Crippen LogP contribution in [-0.4, -0.2) is 69.1 Å². The highest BCUT2D eigenvalue weighted by Gasteiger charge is 2.59. The number of nitrogens with zero attached hydrogens (tertiary/aromatic N) is 5. The summed E-state index contributed by atoms with van der Waals surface area (Å²) >= 11 is 6.55. The molecular formula is C23H24ClF3N6O. The van der Waals surface area contributed by atoms with Crippen molar-refractivity contribution in [2.45, 2.75) is 49.9 Å². The van der Waals surface area contributed by atoms with Crippen molar-refractivity contribution < 1.29 is 17.9 Å². The van der Waals surface area contributed by atoms with Crippen molar-refractivity contribution in [3.05, 3.63) is 40.8 Å². The van der Waals surface area contributed by atoms with Gasteiger partial charge in [-0.25, -0.2) is 23.1 Å². The Balaban J connectivity index is 1.24. The zero-order valence-electron chi connectivity index (χ0n) is 18.5. The van der Waals surface area contributed by atoms with Gasteiger partial charge in [-0.15, -0.1) is 0 Å². The van der Waals surface area contributed by atoms with Gasteiger partial charge in [0.1, 0.15) is 12.2 Å². The van der Waals surface area contributed by atoms with Crippen LogP contribution in [0.4, 0.5) is 24.8 Å². The molecule has 1 N–H and O–H groups in total. The van der Waals surface area contributed by atoms with Gasteiger partial charge in [0.2, 0.25) is 5.95 Å².